The average Bonchev–Trinajstić information content (AvgIpc) is 3.27. The zero-order chi connectivity index (χ0) is 15.2. The number of halogens is 1. The van der Waals surface area contributed by atoms with Gasteiger partial charge in [-0.3, -0.25) is 4.79 Å². The van der Waals surface area contributed by atoms with E-state index in [1.54, 1.807) is 12.1 Å². The van der Waals surface area contributed by atoms with E-state index < -0.39 is 0 Å². The molecule has 0 bridgehead atoms. The first-order valence-electron chi connectivity index (χ1n) is 6.97. The molecule has 114 valence electrons. The summed E-state index contributed by atoms with van der Waals surface area (Å²) in [4.78, 5) is 22.9. The smallest absolute Gasteiger partial charge is 0.337 e. The van der Waals surface area contributed by atoms with Gasteiger partial charge in [-0.25, -0.2) is 4.79 Å². The Bertz CT molecular complexity index is 530. The second-order valence-corrected chi connectivity index (χ2v) is 5.92. The van der Waals surface area contributed by atoms with Gasteiger partial charge in [-0.2, -0.15) is 0 Å². The van der Waals surface area contributed by atoms with Gasteiger partial charge in [0.2, 0.25) is 5.91 Å². The molecule has 1 saturated carbocycles. The second kappa shape index (κ2) is 7.56. The third kappa shape index (κ3) is 5.13. The van der Waals surface area contributed by atoms with Gasteiger partial charge in [-0.1, -0.05) is 22.0 Å². The van der Waals surface area contributed by atoms with E-state index in [0.29, 0.717) is 31.1 Å². The lowest BCUT2D eigenvalue weighted by Gasteiger charge is -2.08. The fraction of sp³-hybridized carbons (Fsp3) is 0.467. The molecule has 1 amide bonds. The summed E-state index contributed by atoms with van der Waals surface area (Å²) in [6.07, 6.45) is 2.70. The van der Waals surface area contributed by atoms with Crippen LogP contribution < -0.4 is 10.6 Å². The molecular formula is C15H19BrN2O3. The minimum atomic E-state index is -0.355. The summed E-state index contributed by atoms with van der Waals surface area (Å²) in [7, 11) is 1.36. The normalized spacial score (nSPS) is 13.8. The van der Waals surface area contributed by atoms with E-state index in [1.165, 1.54) is 7.11 Å². The van der Waals surface area contributed by atoms with E-state index in [0.717, 1.165) is 22.9 Å². The predicted molar refractivity (Wildman–Crippen MR) is 83.0 cm³/mol. The van der Waals surface area contributed by atoms with Gasteiger partial charge in [0.15, 0.2) is 0 Å². The minimum absolute atomic E-state index is 0.102. The topological polar surface area (TPSA) is 67.4 Å². The van der Waals surface area contributed by atoms with Crippen LogP contribution in [-0.2, 0) is 16.1 Å². The third-order valence-electron chi connectivity index (χ3n) is 3.26. The highest BCUT2D eigenvalue weighted by atomic mass is 79.9. The van der Waals surface area contributed by atoms with Crippen LogP contribution in [0.2, 0.25) is 0 Å². The molecule has 2 rings (SSSR count). The number of benzene rings is 1. The number of amides is 1. The lowest BCUT2D eigenvalue weighted by atomic mass is 10.1. The predicted octanol–water partition coefficient (Wildman–Crippen LogP) is 1.99. The standard InChI is InChI=1S/C15H19BrN2O3/c1-21-15(20)10-2-3-11(13(16)8-10)9-17-7-6-14(19)18-12-4-5-12/h2-3,8,12,17H,4-7,9H2,1H3,(H,18,19). The van der Waals surface area contributed by atoms with Gasteiger partial charge in [-0.15, -0.1) is 0 Å². The molecule has 0 aliphatic heterocycles. The van der Waals surface area contributed by atoms with Crippen molar-refractivity contribution in [1.29, 1.82) is 0 Å². The van der Waals surface area contributed by atoms with Gasteiger partial charge < -0.3 is 15.4 Å². The van der Waals surface area contributed by atoms with Crippen molar-refractivity contribution in [3.05, 3.63) is 33.8 Å². The van der Waals surface area contributed by atoms with E-state index in [1.807, 2.05) is 6.07 Å². The number of nitrogens with one attached hydrogen (secondary N) is 2. The Morgan fingerprint density at radius 1 is 1.38 bits per heavy atom. The van der Waals surface area contributed by atoms with Crippen molar-refractivity contribution in [3.8, 4) is 0 Å². The van der Waals surface area contributed by atoms with Gasteiger partial charge in [0.25, 0.3) is 0 Å². The van der Waals surface area contributed by atoms with E-state index in [9.17, 15) is 9.59 Å². The summed E-state index contributed by atoms with van der Waals surface area (Å²) in [5, 5.41) is 6.17. The quantitative estimate of drug-likeness (QED) is 0.580. The van der Waals surface area contributed by atoms with Crippen LogP contribution in [0.15, 0.2) is 22.7 Å². The Balaban J connectivity index is 1.74. The van der Waals surface area contributed by atoms with Gasteiger partial charge in [-0.05, 0) is 30.5 Å². The number of rotatable bonds is 7. The molecule has 0 atom stereocenters. The van der Waals surface area contributed by atoms with Gasteiger partial charge in [0.1, 0.15) is 0 Å². The summed E-state index contributed by atoms with van der Waals surface area (Å²) in [5.41, 5.74) is 1.54. The summed E-state index contributed by atoms with van der Waals surface area (Å²) < 4.78 is 5.52. The summed E-state index contributed by atoms with van der Waals surface area (Å²) >= 11 is 3.44. The maximum absolute atomic E-state index is 11.5. The van der Waals surface area contributed by atoms with Crippen molar-refractivity contribution in [2.75, 3.05) is 13.7 Å². The number of methoxy groups -OCH3 is 1. The first-order valence-corrected chi connectivity index (χ1v) is 7.76. The molecule has 5 nitrogen and oxygen atoms in total. The Hall–Kier alpha value is -1.40. The molecule has 0 unspecified atom stereocenters. The van der Waals surface area contributed by atoms with Crippen molar-refractivity contribution in [3.63, 3.8) is 0 Å². The highest BCUT2D eigenvalue weighted by Gasteiger charge is 2.22. The largest absolute Gasteiger partial charge is 0.465 e. The number of carbonyl (C=O) groups excluding carboxylic acids is 2. The lowest BCUT2D eigenvalue weighted by Crippen LogP contribution is -2.29. The van der Waals surface area contributed by atoms with Crippen LogP contribution in [0.4, 0.5) is 0 Å². The first kappa shape index (κ1) is 16.0. The lowest BCUT2D eigenvalue weighted by molar-refractivity contribution is -0.121. The van der Waals surface area contributed by atoms with E-state index >= 15 is 0 Å². The third-order valence-corrected chi connectivity index (χ3v) is 4.00. The van der Waals surface area contributed by atoms with Gasteiger partial charge in [0.05, 0.1) is 12.7 Å². The molecule has 0 saturated heterocycles. The Kier molecular flexibility index (Phi) is 5.76. The molecule has 1 aromatic carbocycles. The van der Waals surface area contributed by atoms with Crippen molar-refractivity contribution in [2.24, 2.45) is 0 Å². The van der Waals surface area contributed by atoms with Gasteiger partial charge in [0, 0.05) is 30.0 Å². The number of hydrogen-bond donors (Lipinski definition) is 2. The molecule has 2 N–H and O–H groups in total. The molecule has 6 heteroatoms. The molecule has 0 radical (unpaired) electrons. The maximum atomic E-state index is 11.5. The van der Waals surface area contributed by atoms with Crippen LogP contribution in [0.25, 0.3) is 0 Å². The highest BCUT2D eigenvalue weighted by Crippen LogP contribution is 2.19. The monoisotopic (exact) mass is 354 g/mol. The molecule has 0 heterocycles. The molecule has 1 aliphatic rings. The molecule has 1 aromatic rings. The summed E-state index contributed by atoms with van der Waals surface area (Å²) in [5.74, 6) is -0.253. The Morgan fingerprint density at radius 3 is 2.76 bits per heavy atom. The fourth-order valence-electron chi connectivity index (χ4n) is 1.89. The van der Waals surface area contributed by atoms with E-state index in [-0.39, 0.29) is 11.9 Å². The number of esters is 1. The SMILES string of the molecule is COC(=O)c1ccc(CNCCC(=O)NC2CC2)c(Br)c1. The molecule has 0 aromatic heterocycles. The maximum Gasteiger partial charge on any atom is 0.337 e. The van der Waals surface area contributed by atoms with E-state index in [4.69, 9.17) is 0 Å². The number of hydrogen-bond acceptors (Lipinski definition) is 4. The zero-order valence-electron chi connectivity index (χ0n) is 11.9. The first-order chi connectivity index (χ1) is 10.1. The van der Waals surface area contributed by atoms with Crippen LogP contribution >= 0.6 is 15.9 Å². The van der Waals surface area contributed by atoms with Crippen molar-refractivity contribution in [2.45, 2.75) is 31.8 Å². The summed E-state index contributed by atoms with van der Waals surface area (Å²) in [6, 6.07) is 5.75. The van der Waals surface area contributed by atoms with Crippen LogP contribution in [-0.4, -0.2) is 31.6 Å². The van der Waals surface area contributed by atoms with Crippen molar-refractivity contribution >= 4 is 27.8 Å². The van der Waals surface area contributed by atoms with Gasteiger partial charge >= 0.3 is 5.97 Å². The summed E-state index contributed by atoms with van der Waals surface area (Å²) in [6.45, 7) is 1.27. The average molecular weight is 355 g/mol. The highest BCUT2D eigenvalue weighted by molar-refractivity contribution is 9.10. The molecule has 1 fully saturated rings. The Labute approximate surface area is 132 Å². The van der Waals surface area contributed by atoms with Crippen LogP contribution in [0.1, 0.15) is 35.2 Å². The number of ether oxygens (including phenoxy) is 1. The Morgan fingerprint density at radius 2 is 2.14 bits per heavy atom. The van der Waals surface area contributed by atoms with Crippen molar-refractivity contribution < 1.29 is 14.3 Å². The molecule has 0 spiro atoms. The fourth-order valence-corrected chi connectivity index (χ4v) is 2.41. The van der Waals surface area contributed by atoms with Crippen LogP contribution in [0, 0.1) is 0 Å². The molecule has 21 heavy (non-hydrogen) atoms. The molecular weight excluding hydrogens is 336 g/mol. The second-order valence-electron chi connectivity index (χ2n) is 5.07. The van der Waals surface area contributed by atoms with Crippen LogP contribution in [0.3, 0.4) is 0 Å². The van der Waals surface area contributed by atoms with Crippen molar-refractivity contribution in [1.82, 2.24) is 10.6 Å². The minimum Gasteiger partial charge on any atom is -0.465 e. The molecule has 1 aliphatic carbocycles. The zero-order valence-corrected chi connectivity index (χ0v) is 13.5. The van der Waals surface area contributed by atoms with Crippen LogP contribution in [0.5, 0.6) is 0 Å². The number of carbonyl (C=O) groups is 2. The van der Waals surface area contributed by atoms with E-state index in [2.05, 4.69) is 31.3 Å².